The van der Waals surface area contributed by atoms with Crippen LogP contribution in [0.5, 0.6) is 0 Å². The first-order chi connectivity index (χ1) is 11.7. The van der Waals surface area contributed by atoms with E-state index in [0.717, 1.165) is 9.13 Å². The maximum Gasteiger partial charge on any atom is 0.251 e. The minimum absolute atomic E-state index is 0.0553. The summed E-state index contributed by atoms with van der Waals surface area (Å²) in [6.07, 6.45) is 0. The Balaban J connectivity index is 1.93. The summed E-state index contributed by atoms with van der Waals surface area (Å²) >= 11 is 2.17. The Hall–Kier alpha value is -1.45. The summed E-state index contributed by atoms with van der Waals surface area (Å²) in [6, 6.07) is 14.4. The molecule has 134 valence electrons. The van der Waals surface area contributed by atoms with Crippen LogP contribution in [0.1, 0.15) is 35.3 Å². The molecule has 0 saturated carbocycles. The van der Waals surface area contributed by atoms with Gasteiger partial charge >= 0.3 is 0 Å². The highest BCUT2D eigenvalue weighted by Gasteiger charge is 2.13. The first-order valence-corrected chi connectivity index (χ1v) is 10.6. The van der Waals surface area contributed by atoms with E-state index in [0.29, 0.717) is 17.7 Å². The molecular formula is C18H21IN2O3S. The molecule has 25 heavy (non-hydrogen) atoms. The predicted octanol–water partition coefficient (Wildman–Crippen LogP) is 3.05. The first kappa shape index (κ1) is 19.9. The van der Waals surface area contributed by atoms with E-state index in [9.17, 15) is 13.2 Å². The summed E-state index contributed by atoms with van der Waals surface area (Å²) in [7, 11) is -3.33. The Bertz CT molecular complexity index is 834. The second-order valence-electron chi connectivity index (χ2n) is 6.04. The first-order valence-electron chi connectivity index (χ1n) is 7.87. The standard InChI is InChI=1S/C18H21IN2O3S/c1-13(2)21-25(23,24)12-15-8-6-14(7-9-15)11-20-18(22)16-4-3-5-17(19)10-16/h3-10,13,21H,11-12H2,1-2H3,(H,20,22). The zero-order valence-corrected chi connectivity index (χ0v) is 17.1. The van der Waals surface area contributed by atoms with Crippen LogP contribution in [0.3, 0.4) is 0 Å². The van der Waals surface area contributed by atoms with E-state index in [4.69, 9.17) is 0 Å². The number of amides is 1. The van der Waals surface area contributed by atoms with Crippen molar-refractivity contribution in [2.75, 3.05) is 0 Å². The number of carbonyl (C=O) groups excluding carboxylic acids is 1. The monoisotopic (exact) mass is 472 g/mol. The molecule has 0 radical (unpaired) electrons. The van der Waals surface area contributed by atoms with Gasteiger partial charge in [-0.15, -0.1) is 0 Å². The maximum absolute atomic E-state index is 12.1. The summed E-state index contributed by atoms with van der Waals surface area (Å²) in [5.74, 6) is -0.188. The van der Waals surface area contributed by atoms with E-state index in [1.165, 1.54) is 0 Å². The molecule has 0 aromatic heterocycles. The lowest BCUT2D eigenvalue weighted by atomic mass is 10.1. The molecule has 0 aliphatic rings. The zero-order valence-electron chi connectivity index (χ0n) is 14.1. The van der Waals surface area contributed by atoms with Crippen molar-refractivity contribution in [1.82, 2.24) is 10.0 Å². The molecule has 0 atom stereocenters. The van der Waals surface area contributed by atoms with E-state index in [-0.39, 0.29) is 17.7 Å². The zero-order chi connectivity index (χ0) is 18.4. The molecule has 2 aromatic carbocycles. The van der Waals surface area contributed by atoms with Crippen molar-refractivity contribution in [3.63, 3.8) is 0 Å². The van der Waals surface area contributed by atoms with Gasteiger partial charge in [0.2, 0.25) is 10.0 Å². The van der Waals surface area contributed by atoms with E-state index in [1.807, 2.05) is 30.3 Å². The fraction of sp³-hybridized carbons (Fsp3) is 0.278. The van der Waals surface area contributed by atoms with Crippen LogP contribution in [-0.4, -0.2) is 20.4 Å². The quantitative estimate of drug-likeness (QED) is 0.609. The number of benzene rings is 2. The Morgan fingerprint density at radius 3 is 2.32 bits per heavy atom. The largest absolute Gasteiger partial charge is 0.348 e. The highest BCUT2D eigenvalue weighted by molar-refractivity contribution is 14.1. The van der Waals surface area contributed by atoms with Gasteiger partial charge in [0.25, 0.3) is 5.91 Å². The van der Waals surface area contributed by atoms with Gasteiger partial charge in [-0.05, 0) is 65.8 Å². The van der Waals surface area contributed by atoms with Gasteiger partial charge in [0.1, 0.15) is 0 Å². The Morgan fingerprint density at radius 1 is 1.08 bits per heavy atom. The van der Waals surface area contributed by atoms with Gasteiger partial charge < -0.3 is 5.32 Å². The molecular weight excluding hydrogens is 451 g/mol. The third-order valence-corrected chi connectivity index (χ3v) is 5.55. The predicted molar refractivity (Wildman–Crippen MR) is 108 cm³/mol. The average Bonchev–Trinajstić information content (AvgIpc) is 2.52. The second-order valence-corrected chi connectivity index (χ2v) is 9.04. The summed E-state index contributed by atoms with van der Waals surface area (Å²) < 4.78 is 27.4. The van der Waals surface area contributed by atoms with Gasteiger partial charge in [0.15, 0.2) is 0 Å². The lowest BCUT2D eigenvalue weighted by Gasteiger charge is -2.10. The molecule has 2 aromatic rings. The van der Waals surface area contributed by atoms with Crippen LogP contribution in [0.2, 0.25) is 0 Å². The number of halogens is 1. The smallest absolute Gasteiger partial charge is 0.251 e. The Kier molecular flexibility index (Phi) is 6.97. The van der Waals surface area contributed by atoms with Crippen molar-refractivity contribution in [2.24, 2.45) is 0 Å². The number of hydrogen-bond donors (Lipinski definition) is 2. The van der Waals surface area contributed by atoms with Crippen LogP contribution in [0, 0.1) is 3.57 Å². The molecule has 0 fully saturated rings. The van der Waals surface area contributed by atoms with Crippen molar-refractivity contribution in [3.8, 4) is 0 Å². The van der Waals surface area contributed by atoms with Crippen LogP contribution in [0.25, 0.3) is 0 Å². The minimum Gasteiger partial charge on any atom is -0.348 e. The molecule has 0 bridgehead atoms. The van der Waals surface area contributed by atoms with Gasteiger partial charge in [-0.2, -0.15) is 0 Å². The van der Waals surface area contributed by atoms with Crippen LogP contribution in [-0.2, 0) is 22.3 Å². The van der Waals surface area contributed by atoms with Crippen LogP contribution >= 0.6 is 22.6 Å². The van der Waals surface area contributed by atoms with Crippen molar-refractivity contribution < 1.29 is 13.2 Å². The number of hydrogen-bond acceptors (Lipinski definition) is 3. The summed E-state index contributed by atoms with van der Waals surface area (Å²) in [6.45, 7) is 3.97. The molecule has 0 saturated heterocycles. The third kappa shape index (κ3) is 6.75. The lowest BCUT2D eigenvalue weighted by molar-refractivity contribution is 0.0951. The fourth-order valence-corrected chi connectivity index (χ4v) is 4.26. The number of nitrogens with one attached hydrogen (secondary N) is 2. The average molecular weight is 472 g/mol. The summed E-state index contributed by atoms with van der Waals surface area (Å²) in [5, 5.41) is 2.86. The second kappa shape index (κ2) is 8.77. The van der Waals surface area contributed by atoms with E-state index in [1.54, 1.807) is 32.0 Å². The highest BCUT2D eigenvalue weighted by atomic mass is 127. The number of rotatable bonds is 7. The van der Waals surface area contributed by atoms with Crippen molar-refractivity contribution in [3.05, 3.63) is 68.8 Å². The summed E-state index contributed by atoms with van der Waals surface area (Å²) in [5.41, 5.74) is 2.24. The van der Waals surface area contributed by atoms with E-state index in [2.05, 4.69) is 32.6 Å². The molecule has 1 amide bonds. The normalized spacial score (nSPS) is 11.5. The van der Waals surface area contributed by atoms with Gasteiger partial charge in [-0.25, -0.2) is 13.1 Å². The van der Waals surface area contributed by atoms with Gasteiger partial charge in [0, 0.05) is 21.7 Å². The van der Waals surface area contributed by atoms with Crippen molar-refractivity contribution in [1.29, 1.82) is 0 Å². The molecule has 0 heterocycles. The summed E-state index contributed by atoms with van der Waals surface area (Å²) in [4.78, 5) is 12.1. The topological polar surface area (TPSA) is 75.3 Å². The third-order valence-electron chi connectivity index (χ3n) is 3.33. The molecule has 2 N–H and O–H groups in total. The van der Waals surface area contributed by atoms with Crippen molar-refractivity contribution >= 4 is 38.5 Å². The van der Waals surface area contributed by atoms with Gasteiger partial charge in [-0.1, -0.05) is 30.3 Å². The molecule has 0 spiro atoms. The van der Waals surface area contributed by atoms with Crippen LogP contribution in [0.15, 0.2) is 48.5 Å². The number of sulfonamides is 1. The van der Waals surface area contributed by atoms with Crippen LogP contribution in [0.4, 0.5) is 0 Å². The number of carbonyl (C=O) groups is 1. The van der Waals surface area contributed by atoms with E-state index >= 15 is 0 Å². The van der Waals surface area contributed by atoms with Crippen LogP contribution < -0.4 is 10.0 Å². The SMILES string of the molecule is CC(C)NS(=O)(=O)Cc1ccc(CNC(=O)c2cccc(I)c2)cc1. The highest BCUT2D eigenvalue weighted by Crippen LogP contribution is 2.10. The minimum atomic E-state index is -3.33. The Labute approximate surface area is 162 Å². The molecule has 7 heteroatoms. The molecule has 0 unspecified atom stereocenters. The Morgan fingerprint density at radius 2 is 1.72 bits per heavy atom. The van der Waals surface area contributed by atoms with Crippen molar-refractivity contribution in [2.45, 2.75) is 32.2 Å². The lowest BCUT2D eigenvalue weighted by Crippen LogP contribution is -2.31. The maximum atomic E-state index is 12.1. The van der Waals surface area contributed by atoms with E-state index < -0.39 is 10.0 Å². The van der Waals surface area contributed by atoms with Gasteiger partial charge in [0.05, 0.1) is 5.75 Å². The van der Waals surface area contributed by atoms with Gasteiger partial charge in [-0.3, -0.25) is 4.79 Å². The molecule has 0 aliphatic heterocycles. The molecule has 2 rings (SSSR count). The fourth-order valence-electron chi connectivity index (χ4n) is 2.29. The molecule has 5 nitrogen and oxygen atoms in total. The molecule has 0 aliphatic carbocycles.